The van der Waals surface area contributed by atoms with Crippen LogP contribution in [0.25, 0.3) is 0 Å². The molecule has 1 N–H and O–H groups in total. The fourth-order valence-electron chi connectivity index (χ4n) is 2.55. The zero-order valence-corrected chi connectivity index (χ0v) is 12.6. The quantitative estimate of drug-likeness (QED) is 0.862. The van der Waals surface area contributed by atoms with E-state index in [1.165, 1.54) is 16.7 Å². The van der Waals surface area contributed by atoms with Crippen LogP contribution in [0.1, 0.15) is 36.6 Å². The molecule has 0 radical (unpaired) electrons. The Morgan fingerprint density at radius 2 is 1.85 bits per heavy atom. The van der Waals surface area contributed by atoms with Gasteiger partial charge in [0, 0.05) is 18.4 Å². The highest BCUT2D eigenvalue weighted by atomic mass is 14.9. The Balaban J connectivity index is 2.15. The molecule has 1 aromatic heterocycles. The van der Waals surface area contributed by atoms with Crippen LogP contribution in [0.4, 0.5) is 0 Å². The molecule has 1 unspecified atom stereocenters. The minimum atomic E-state index is 0.339. The summed E-state index contributed by atoms with van der Waals surface area (Å²) in [6.45, 7) is 4.52. The lowest BCUT2D eigenvalue weighted by molar-refractivity contribution is 0.588. The minimum Gasteiger partial charge on any atom is -0.313 e. The van der Waals surface area contributed by atoms with E-state index in [0.717, 1.165) is 12.8 Å². The van der Waals surface area contributed by atoms with Crippen molar-refractivity contribution in [2.45, 2.75) is 32.7 Å². The smallest absolute Gasteiger partial charge is 0.0359 e. The van der Waals surface area contributed by atoms with Gasteiger partial charge < -0.3 is 5.32 Å². The number of nitrogens with one attached hydrogen (secondary N) is 1. The molecule has 1 atom stereocenters. The molecule has 1 aromatic carbocycles. The number of aromatic nitrogens is 1. The second-order valence-corrected chi connectivity index (χ2v) is 5.75. The Morgan fingerprint density at radius 3 is 2.50 bits per heavy atom. The second kappa shape index (κ2) is 7.20. The van der Waals surface area contributed by atoms with E-state index in [1.807, 2.05) is 25.5 Å². The Bertz CT molecular complexity index is 520. The Morgan fingerprint density at radius 1 is 1.05 bits per heavy atom. The van der Waals surface area contributed by atoms with Crippen molar-refractivity contribution in [2.75, 3.05) is 7.05 Å². The molecule has 0 saturated heterocycles. The van der Waals surface area contributed by atoms with Crippen LogP contribution in [0.3, 0.4) is 0 Å². The predicted molar refractivity (Wildman–Crippen MR) is 84.7 cm³/mol. The standard InChI is InChI=1S/C18H24N2/c1-14(2)10-15-6-4-8-17(11-15)18(19-3)12-16-7-5-9-20-13-16/h4-9,11,13-14,18-19H,10,12H2,1-3H3. The van der Waals surface area contributed by atoms with Crippen molar-refractivity contribution in [3.05, 3.63) is 65.5 Å². The number of nitrogens with zero attached hydrogens (tertiary/aromatic N) is 1. The van der Waals surface area contributed by atoms with Gasteiger partial charge in [0.2, 0.25) is 0 Å². The molecular weight excluding hydrogens is 244 g/mol. The number of pyridine rings is 1. The molecule has 0 fully saturated rings. The fraction of sp³-hybridized carbons (Fsp3) is 0.389. The lowest BCUT2D eigenvalue weighted by atomic mass is 9.95. The average Bonchev–Trinajstić information content (AvgIpc) is 2.45. The van der Waals surface area contributed by atoms with E-state index < -0.39 is 0 Å². The molecule has 2 aromatic rings. The molecule has 0 amide bonds. The molecule has 0 saturated carbocycles. The van der Waals surface area contributed by atoms with Crippen LogP contribution in [-0.4, -0.2) is 12.0 Å². The van der Waals surface area contributed by atoms with Gasteiger partial charge in [0.15, 0.2) is 0 Å². The summed E-state index contributed by atoms with van der Waals surface area (Å²) in [6, 6.07) is 13.4. The Kier molecular flexibility index (Phi) is 5.31. The van der Waals surface area contributed by atoms with Gasteiger partial charge in [0.25, 0.3) is 0 Å². The number of rotatable bonds is 6. The van der Waals surface area contributed by atoms with E-state index in [1.54, 1.807) is 0 Å². The van der Waals surface area contributed by atoms with Gasteiger partial charge in [-0.15, -0.1) is 0 Å². The maximum absolute atomic E-state index is 4.19. The molecule has 0 bridgehead atoms. The first-order valence-electron chi connectivity index (χ1n) is 7.34. The van der Waals surface area contributed by atoms with E-state index in [4.69, 9.17) is 0 Å². The largest absolute Gasteiger partial charge is 0.313 e. The molecule has 106 valence electrons. The van der Waals surface area contributed by atoms with Crippen molar-refractivity contribution >= 4 is 0 Å². The highest BCUT2D eigenvalue weighted by molar-refractivity contribution is 5.28. The van der Waals surface area contributed by atoms with E-state index in [2.05, 4.69) is 54.5 Å². The summed E-state index contributed by atoms with van der Waals surface area (Å²) in [6.07, 6.45) is 5.87. The van der Waals surface area contributed by atoms with Crippen molar-refractivity contribution in [2.24, 2.45) is 5.92 Å². The van der Waals surface area contributed by atoms with Gasteiger partial charge in [-0.3, -0.25) is 4.98 Å². The monoisotopic (exact) mass is 268 g/mol. The van der Waals surface area contributed by atoms with E-state index in [9.17, 15) is 0 Å². The SMILES string of the molecule is CNC(Cc1cccnc1)c1cccc(CC(C)C)c1. The number of likely N-dealkylation sites (N-methyl/N-ethyl adjacent to an activating group) is 1. The molecule has 1 heterocycles. The lowest BCUT2D eigenvalue weighted by Gasteiger charge is -2.18. The van der Waals surface area contributed by atoms with Crippen molar-refractivity contribution < 1.29 is 0 Å². The van der Waals surface area contributed by atoms with E-state index in [0.29, 0.717) is 12.0 Å². The summed E-state index contributed by atoms with van der Waals surface area (Å²) in [5.41, 5.74) is 4.04. The first kappa shape index (κ1) is 14.7. The van der Waals surface area contributed by atoms with Crippen molar-refractivity contribution in [3.8, 4) is 0 Å². The first-order valence-corrected chi connectivity index (χ1v) is 7.34. The predicted octanol–water partition coefficient (Wildman–Crippen LogP) is 3.78. The molecule has 0 aliphatic heterocycles. The van der Waals surface area contributed by atoms with Crippen molar-refractivity contribution in [3.63, 3.8) is 0 Å². The molecule has 2 rings (SSSR count). The Hall–Kier alpha value is -1.67. The molecule has 20 heavy (non-hydrogen) atoms. The van der Waals surface area contributed by atoms with Crippen LogP contribution in [0, 0.1) is 5.92 Å². The summed E-state index contributed by atoms with van der Waals surface area (Å²) < 4.78 is 0. The van der Waals surface area contributed by atoms with Crippen LogP contribution >= 0.6 is 0 Å². The third-order valence-corrected chi connectivity index (χ3v) is 3.51. The van der Waals surface area contributed by atoms with Crippen LogP contribution in [-0.2, 0) is 12.8 Å². The van der Waals surface area contributed by atoms with Crippen LogP contribution < -0.4 is 5.32 Å². The molecular formula is C18H24N2. The fourth-order valence-corrected chi connectivity index (χ4v) is 2.55. The highest BCUT2D eigenvalue weighted by Crippen LogP contribution is 2.20. The van der Waals surface area contributed by atoms with E-state index >= 15 is 0 Å². The van der Waals surface area contributed by atoms with Gasteiger partial charge >= 0.3 is 0 Å². The molecule has 0 aliphatic carbocycles. The van der Waals surface area contributed by atoms with Crippen molar-refractivity contribution in [1.29, 1.82) is 0 Å². The summed E-state index contributed by atoms with van der Waals surface area (Å²) in [5, 5.41) is 3.42. The molecule has 0 aliphatic rings. The topological polar surface area (TPSA) is 24.9 Å². The van der Waals surface area contributed by atoms with Gasteiger partial charge in [-0.05, 0) is 48.6 Å². The average molecular weight is 268 g/mol. The van der Waals surface area contributed by atoms with Crippen LogP contribution in [0.15, 0.2) is 48.8 Å². The number of hydrogen-bond acceptors (Lipinski definition) is 2. The molecule has 0 spiro atoms. The van der Waals surface area contributed by atoms with E-state index in [-0.39, 0.29) is 0 Å². The lowest BCUT2D eigenvalue weighted by Crippen LogP contribution is -2.19. The summed E-state index contributed by atoms with van der Waals surface area (Å²) in [5.74, 6) is 0.691. The second-order valence-electron chi connectivity index (χ2n) is 5.75. The minimum absolute atomic E-state index is 0.339. The number of hydrogen-bond donors (Lipinski definition) is 1. The van der Waals surface area contributed by atoms with Gasteiger partial charge in [0.05, 0.1) is 0 Å². The zero-order valence-electron chi connectivity index (χ0n) is 12.6. The molecule has 2 nitrogen and oxygen atoms in total. The van der Waals surface area contributed by atoms with Crippen LogP contribution in [0.5, 0.6) is 0 Å². The molecule has 2 heteroatoms. The summed E-state index contributed by atoms with van der Waals surface area (Å²) in [4.78, 5) is 4.19. The van der Waals surface area contributed by atoms with Gasteiger partial charge in [-0.1, -0.05) is 44.2 Å². The van der Waals surface area contributed by atoms with Crippen LogP contribution in [0.2, 0.25) is 0 Å². The Labute approximate surface area is 122 Å². The van der Waals surface area contributed by atoms with Gasteiger partial charge in [0.1, 0.15) is 0 Å². The first-order chi connectivity index (χ1) is 9.69. The summed E-state index contributed by atoms with van der Waals surface area (Å²) in [7, 11) is 2.02. The van der Waals surface area contributed by atoms with Gasteiger partial charge in [-0.25, -0.2) is 0 Å². The number of benzene rings is 1. The highest BCUT2D eigenvalue weighted by Gasteiger charge is 2.11. The maximum atomic E-state index is 4.19. The van der Waals surface area contributed by atoms with Gasteiger partial charge in [-0.2, -0.15) is 0 Å². The maximum Gasteiger partial charge on any atom is 0.0359 e. The van der Waals surface area contributed by atoms with Crippen molar-refractivity contribution in [1.82, 2.24) is 10.3 Å². The third-order valence-electron chi connectivity index (χ3n) is 3.51. The third kappa shape index (κ3) is 4.17. The summed E-state index contributed by atoms with van der Waals surface area (Å²) >= 11 is 0. The normalized spacial score (nSPS) is 12.6. The zero-order chi connectivity index (χ0) is 14.4.